The molecule has 1 heterocycles. The van der Waals surface area contributed by atoms with Gasteiger partial charge in [0, 0.05) is 6.54 Å². The number of hydrogen-bond donors (Lipinski definition) is 1. The minimum absolute atomic E-state index is 0.168. The molecule has 6 heteroatoms. The van der Waals surface area contributed by atoms with Crippen LogP contribution < -0.4 is 10.1 Å². The van der Waals surface area contributed by atoms with E-state index in [-0.39, 0.29) is 5.75 Å². The predicted octanol–water partition coefficient (Wildman–Crippen LogP) is 3.16. The number of rotatable bonds is 7. The summed E-state index contributed by atoms with van der Waals surface area (Å²) in [7, 11) is 0. The van der Waals surface area contributed by atoms with E-state index in [9.17, 15) is 13.2 Å². The first kappa shape index (κ1) is 16.1. The van der Waals surface area contributed by atoms with Crippen LogP contribution >= 0.6 is 0 Å². The molecule has 118 valence electrons. The van der Waals surface area contributed by atoms with Crippen molar-refractivity contribution in [2.45, 2.75) is 32.2 Å². The van der Waals surface area contributed by atoms with Crippen molar-refractivity contribution in [3.63, 3.8) is 0 Å². The zero-order valence-electron chi connectivity index (χ0n) is 12.0. The lowest BCUT2D eigenvalue weighted by Crippen LogP contribution is -2.24. The van der Waals surface area contributed by atoms with Crippen LogP contribution in [0.5, 0.6) is 5.75 Å². The van der Waals surface area contributed by atoms with Gasteiger partial charge in [-0.1, -0.05) is 12.1 Å². The van der Waals surface area contributed by atoms with Crippen molar-refractivity contribution >= 4 is 0 Å². The van der Waals surface area contributed by atoms with E-state index in [1.807, 2.05) is 0 Å². The quantitative estimate of drug-likeness (QED) is 0.783. The van der Waals surface area contributed by atoms with Crippen LogP contribution in [0.3, 0.4) is 0 Å². The van der Waals surface area contributed by atoms with E-state index in [4.69, 9.17) is 0 Å². The van der Waals surface area contributed by atoms with Gasteiger partial charge in [-0.05, 0) is 63.1 Å². The van der Waals surface area contributed by atoms with Gasteiger partial charge in [-0.3, -0.25) is 0 Å². The van der Waals surface area contributed by atoms with Crippen LogP contribution in [0, 0.1) is 0 Å². The Hall–Kier alpha value is -1.27. The van der Waals surface area contributed by atoms with Crippen LogP contribution in [0.15, 0.2) is 24.3 Å². The molecule has 0 radical (unpaired) electrons. The second kappa shape index (κ2) is 7.66. The highest BCUT2D eigenvalue weighted by molar-refractivity contribution is 5.28. The first-order valence-corrected chi connectivity index (χ1v) is 7.31. The Bertz CT molecular complexity index is 431. The summed E-state index contributed by atoms with van der Waals surface area (Å²) < 4.78 is 40.3. The third-order valence-electron chi connectivity index (χ3n) is 3.49. The SMILES string of the molecule is FC(F)(F)Oc1cccc(CNCCCN2CCCC2)c1. The molecule has 21 heavy (non-hydrogen) atoms. The van der Waals surface area contributed by atoms with E-state index < -0.39 is 6.36 Å². The van der Waals surface area contributed by atoms with E-state index in [1.165, 1.54) is 38.1 Å². The zero-order valence-corrected chi connectivity index (χ0v) is 12.0. The summed E-state index contributed by atoms with van der Waals surface area (Å²) in [6.45, 7) is 4.88. The van der Waals surface area contributed by atoms with Crippen LogP contribution in [-0.2, 0) is 6.54 Å². The fourth-order valence-electron chi connectivity index (χ4n) is 2.52. The van der Waals surface area contributed by atoms with Crippen molar-refractivity contribution in [1.29, 1.82) is 0 Å². The van der Waals surface area contributed by atoms with Crippen LogP contribution in [0.2, 0.25) is 0 Å². The lowest BCUT2D eigenvalue weighted by molar-refractivity contribution is -0.274. The van der Waals surface area contributed by atoms with E-state index in [1.54, 1.807) is 12.1 Å². The molecule has 0 bridgehead atoms. The highest BCUT2D eigenvalue weighted by atomic mass is 19.4. The molecule has 1 fully saturated rings. The smallest absolute Gasteiger partial charge is 0.406 e. The summed E-state index contributed by atoms with van der Waals surface area (Å²) in [4.78, 5) is 2.44. The molecule has 0 spiro atoms. The Balaban J connectivity index is 1.66. The van der Waals surface area contributed by atoms with E-state index in [0.717, 1.165) is 25.1 Å². The van der Waals surface area contributed by atoms with Gasteiger partial charge in [0.2, 0.25) is 0 Å². The largest absolute Gasteiger partial charge is 0.573 e. The summed E-state index contributed by atoms with van der Waals surface area (Å²) in [5, 5.41) is 3.25. The number of halogens is 3. The molecule has 1 aliphatic rings. The number of nitrogens with one attached hydrogen (secondary N) is 1. The number of likely N-dealkylation sites (tertiary alicyclic amines) is 1. The van der Waals surface area contributed by atoms with Gasteiger partial charge in [-0.15, -0.1) is 13.2 Å². The number of benzene rings is 1. The Kier molecular flexibility index (Phi) is 5.87. The molecule has 2 rings (SSSR count). The molecule has 1 aromatic carbocycles. The summed E-state index contributed by atoms with van der Waals surface area (Å²) in [6, 6.07) is 6.09. The van der Waals surface area contributed by atoms with Gasteiger partial charge in [-0.25, -0.2) is 0 Å². The molecule has 0 saturated carbocycles. The number of hydrogen-bond acceptors (Lipinski definition) is 3. The molecule has 0 unspecified atom stereocenters. The van der Waals surface area contributed by atoms with Gasteiger partial charge in [0.25, 0.3) is 0 Å². The Labute approximate surface area is 123 Å². The van der Waals surface area contributed by atoms with Gasteiger partial charge in [0.1, 0.15) is 5.75 Å². The number of ether oxygens (including phenoxy) is 1. The van der Waals surface area contributed by atoms with Crippen LogP contribution in [-0.4, -0.2) is 37.4 Å². The fraction of sp³-hybridized carbons (Fsp3) is 0.600. The maximum Gasteiger partial charge on any atom is 0.573 e. The maximum absolute atomic E-state index is 12.1. The summed E-state index contributed by atoms with van der Waals surface area (Å²) in [5.74, 6) is -0.168. The van der Waals surface area contributed by atoms with E-state index in [2.05, 4.69) is 15.0 Å². The van der Waals surface area contributed by atoms with Crippen molar-refractivity contribution in [1.82, 2.24) is 10.2 Å². The maximum atomic E-state index is 12.1. The first-order valence-electron chi connectivity index (χ1n) is 7.31. The second-order valence-corrected chi connectivity index (χ2v) is 5.27. The van der Waals surface area contributed by atoms with E-state index in [0.29, 0.717) is 6.54 Å². The summed E-state index contributed by atoms with van der Waals surface area (Å²) in [5.41, 5.74) is 0.790. The molecule has 0 aliphatic carbocycles. The van der Waals surface area contributed by atoms with Crippen LogP contribution in [0.4, 0.5) is 13.2 Å². The molecule has 3 nitrogen and oxygen atoms in total. The topological polar surface area (TPSA) is 24.5 Å². The minimum Gasteiger partial charge on any atom is -0.406 e. The van der Waals surface area contributed by atoms with Crippen molar-refractivity contribution < 1.29 is 17.9 Å². The molecular weight excluding hydrogens is 281 g/mol. The van der Waals surface area contributed by atoms with Crippen LogP contribution in [0.1, 0.15) is 24.8 Å². The highest BCUT2D eigenvalue weighted by Gasteiger charge is 2.31. The van der Waals surface area contributed by atoms with Crippen LogP contribution in [0.25, 0.3) is 0 Å². The average molecular weight is 302 g/mol. The zero-order chi connectivity index (χ0) is 15.1. The van der Waals surface area contributed by atoms with Crippen molar-refractivity contribution in [2.75, 3.05) is 26.2 Å². The van der Waals surface area contributed by atoms with Gasteiger partial charge >= 0.3 is 6.36 Å². The van der Waals surface area contributed by atoms with Gasteiger partial charge in [-0.2, -0.15) is 0 Å². The Morgan fingerprint density at radius 1 is 1.19 bits per heavy atom. The summed E-state index contributed by atoms with van der Waals surface area (Å²) >= 11 is 0. The molecule has 0 atom stereocenters. The lowest BCUT2D eigenvalue weighted by Gasteiger charge is -2.14. The Morgan fingerprint density at radius 3 is 2.67 bits per heavy atom. The molecule has 1 aliphatic heterocycles. The predicted molar refractivity (Wildman–Crippen MR) is 75.1 cm³/mol. The molecule has 0 aromatic heterocycles. The molecule has 1 saturated heterocycles. The summed E-state index contributed by atoms with van der Waals surface area (Å²) in [6.07, 6.45) is -1.00. The van der Waals surface area contributed by atoms with Crippen molar-refractivity contribution in [2.24, 2.45) is 0 Å². The third-order valence-corrected chi connectivity index (χ3v) is 3.49. The monoisotopic (exact) mass is 302 g/mol. The van der Waals surface area contributed by atoms with Crippen molar-refractivity contribution in [3.8, 4) is 5.75 Å². The van der Waals surface area contributed by atoms with Gasteiger partial charge in [0.15, 0.2) is 0 Å². The minimum atomic E-state index is -4.64. The molecule has 0 amide bonds. The molecule has 1 aromatic rings. The average Bonchev–Trinajstić information content (AvgIpc) is 2.90. The number of nitrogens with zero attached hydrogens (tertiary/aromatic N) is 1. The number of alkyl halides is 3. The normalized spacial score (nSPS) is 16.3. The molecule has 1 N–H and O–H groups in total. The fourth-order valence-corrected chi connectivity index (χ4v) is 2.52. The standard InChI is InChI=1S/C15H21F3N2O/c16-15(17,18)21-14-6-3-5-13(11-14)12-19-7-4-10-20-8-1-2-9-20/h3,5-6,11,19H,1-2,4,7-10,12H2. The third kappa shape index (κ3) is 6.35. The van der Waals surface area contributed by atoms with Gasteiger partial charge in [0.05, 0.1) is 0 Å². The Morgan fingerprint density at radius 2 is 1.95 bits per heavy atom. The second-order valence-electron chi connectivity index (χ2n) is 5.27. The first-order chi connectivity index (χ1) is 10.0. The van der Waals surface area contributed by atoms with Gasteiger partial charge < -0.3 is 15.0 Å². The van der Waals surface area contributed by atoms with Crippen molar-refractivity contribution in [3.05, 3.63) is 29.8 Å². The lowest BCUT2D eigenvalue weighted by atomic mass is 10.2. The molecular formula is C15H21F3N2O. The van der Waals surface area contributed by atoms with E-state index >= 15 is 0 Å². The highest BCUT2D eigenvalue weighted by Crippen LogP contribution is 2.23.